The number of rotatable bonds is 2. The molecular formula is C22H30O2. The maximum Gasteiger partial charge on any atom is 0.130 e. The number of terminal acetylenes is 1. The molecule has 2 heteroatoms. The van der Waals surface area contributed by atoms with Crippen LogP contribution < -0.4 is 0 Å². The first-order chi connectivity index (χ1) is 11.5. The van der Waals surface area contributed by atoms with Crippen molar-refractivity contribution in [3.8, 4) is 12.3 Å². The normalized spacial score (nSPS) is 46.8. The van der Waals surface area contributed by atoms with Crippen LogP contribution in [0.2, 0.25) is 0 Å². The standard InChI is InChI=1S/C22H30O2/c1-4-22(23)13-11-20-19-8-6-15-14-16(24-5-2)7-9-17(15)18(19)10-12-21(20,22)3/h1,6,14,17-20,23H,5,7-13H2,2-3H3/t17?,18?,19?,20?,21-,22-/m0/s1. The first kappa shape index (κ1) is 16.3. The summed E-state index contributed by atoms with van der Waals surface area (Å²) in [6.07, 6.45) is 18.1. The summed E-state index contributed by atoms with van der Waals surface area (Å²) in [6.45, 7) is 5.09. The summed E-state index contributed by atoms with van der Waals surface area (Å²) in [5.41, 5.74) is 0.538. The molecule has 0 heterocycles. The topological polar surface area (TPSA) is 29.5 Å². The SMILES string of the molecule is C#C[C@]1(O)CCC2C3CC=C4C=C(OCC)CCC4C3CC[C@@]21C. The third-order valence-corrected chi connectivity index (χ3v) is 7.81. The molecule has 0 bridgehead atoms. The van der Waals surface area contributed by atoms with Crippen LogP contribution in [0.15, 0.2) is 23.5 Å². The fraction of sp³-hybridized carbons (Fsp3) is 0.727. The van der Waals surface area contributed by atoms with Gasteiger partial charge in [-0.15, -0.1) is 6.42 Å². The Kier molecular flexibility index (Phi) is 3.84. The van der Waals surface area contributed by atoms with Gasteiger partial charge in [-0.25, -0.2) is 0 Å². The second-order valence-electron chi connectivity index (χ2n) is 8.56. The minimum Gasteiger partial charge on any atom is -0.498 e. The van der Waals surface area contributed by atoms with E-state index >= 15 is 0 Å². The molecule has 0 aromatic heterocycles. The van der Waals surface area contributed by atoms with Crippen molar-refractivity contribution in [1.29, 1.82) is 0 Å². The molecule has 1 N–H and O–H groups in total. The predicted molar refractivity (Wildman–Crippen MR) is 96.0 cm³/mol. The largest absolute Gasteiger partial charge is 0.498 e. The average Bonchev–Trinajstić information content (AvgIpc) is 2.87. The highest BCUT2D eigenvalue weighted by Gasteiger charge is 2.61. The highest BCUT2D eigenvalue weighted by molar-refractivity contribution is 5.32. The minimum absolute atomic E-state index is 0.0880. The molecule has 0 radical (unpaired) electrons. The van der Waals surface area contributed by atoms with Crippen LogP contribution in [0.4, 0.5) is 0 Å². The Bertz CT molecular complexity index is 624. The van der Waals surface area contributed by atoms with Gasteiger partial charge in [0.25, 0.3) is 0 Å². The van der Waals surface area contributed by atoms with Crippen LogP contribution >= 0.6 is 0 Å². The van der Waals surface area contributed by atoms with Crippen molar-refractivity contribution in [3.63, 3.8) is 0 Å². The summed E-state index contributed by atoms with van der Waals surface area (Å²) >= 11 is 0. The highest BCUT2D eigenvalue weighted by Crippen LogP contribution is 2.64. The van der Waals surface area contributed by atoms with Crippen LogP contribution in [0.3, 0.4) is 0 Å². The summed E-state index contributed by atoms with van der Waals surface area (Å²) < 4.78 is 5.76. The van der Waals surface area contributed by atoms with Gasteiger partial charge in [-0.2, -0.15) is 0 Å². The highest BCUT2D eigenvalue weighted by atomic mass is 16.5. The van der Waals surface area contributed by atoms with Gasteiger partial charge in [0.1, 0.15) is 5.60 Å². The number of ether oxygens (including phenoxy) is 1. The van der Waals surface area contributed by atoms with E-state index in [4.69, 9.17) is 11.2 Å². The third-order valence-electron chi connectivity index (χ3n) is 7.81. The van der Waals surface area contributed by atoms with E-state index in [1.165, 1.54) is 24.2 Å². The summed E-state index contributed by atoms with van der Waals surface area (Å²) in [5.74, 6) is 6.66. The van der Waals surface area contributed by atoms with Crippen LogP contribution in [-0.4, -0.2) is 17.3 Å². The van der Waals surface area contributed by atoms with E-state index in [0.717, 1.165) is 44.6 Å². The molecule has 0 aromatic carbocycles. The van der Waals surface area contributed by atoms with E-state index in [1.54, 1.807) is 0 Å². The Morgan fingerprint density at radius 1 is 1.29 bits per heavy atom. The van der Waals surface area contributed by atoms with Crippen molar-refractivity contribution in [1.82, 2.24) is 0 Å². The van der Waals surface area contributed by atoms with Crippen molar-refractivity contribution >= 4 is 0 Å². The van der Waals surface area contributed by atoms with Gasteiger partial charge in [-0.05, 0) is 80.8 Å². The monoisotopic (exact) mass is 326 g/mol. The molecular weight excluding hydrogens is 296 g/mol. The second kappa shape index (κ2) is 5.67. The molecule has 4 unspecified atom stereocenters. The van der Waals surface area contributed by atoms with Gasteiger partial charge in [0.15, 0.2) is 0 Å². The summed E-state index contributed by atoms with van der Waals surface area (Å²) in [5, 5.41) is 11.0. The third kappa shape index (κ3) is 2.14. The van der Waals surface area contributed by atoms with E-state index in [0.29, 0.717) is 17.8 Å². The first-order valence-electron chi connectivity index (χ1n) is 9.76. The molecule has 2 nitrogen and oxygen atoms in total. The molecule has 0 aromatic rings. The molecule has 6 atom stereocenters. The van der Waals surface area contributed by atoms with Gasteiger partial charge in [0.2, 0.25) is 0 Å². The molecule has 2 saturated carbocycles. The predicted octanol–water partition coefficient (Wildman–Crippen LogP) is 4.45. The maximum absolute atomic E-state index is 11.0. The van der Waals surface area contributed by atoms with Crippen molar-refractivity contribution in [2.45, 2.75) is 64.4 Å². The molecule has 0 spiro atoms. The van der Waals surface area contributed by atoms with Crippen molar-refractivity contribution in [2.24, 2.45) is 29.1 Å². The summed E-state index contributed by atoms with van der Waals surface area (Å²) in [4.78, 5) is 0. The maximum atomic E-state index is 11.0. The number of allylic oxidation sites excluding steroid dienone is 4. The van der Waals surface area contributed by atoms with Gasteiger partial charge in [-0.3, -0.25) is 0 Å². The number of hydrogen-bond acceptors (Lipinski definition) is 2. The Morgan fingerprint density at radius 2 is 2.12 bits per heavy atom. The smallest absolute Gasteiger partial charge is 0.130 e. The minimum atomic E-state index is -0.888. The molecule has 4 aliphatic rings. The average molecular weight is 326 g/mol. The lowest BCUT2D eigenvalue weighted by atomic mass is 9.51. The zero-order chi connectivity index (χ0) is 16.9. The van der Waals surface area contributed by atoms with E-state index in [9.17, 15) is 5.11 Å². The zero-order valence-corrected chi connectivity index (χ0v) is 15.1. The Labute approximate surface area is 146 Å². The fourth-order valence-electron chi connectivity index (χ4n) is 6.48. The molecule has 0 saturated heterocycles. The molecule has 24 heavy (non-hydrogen) atoms. The first-order valence-corrected chi connectivity index (χ1v) is 9.76. The summed E-state index contributed by atoms with van der Waals surface area (Å²) in [6, 6.07) is 0. The van der Waals surface area contributed by atoms with Crippen LogP contribution in [0.5, 0.6) is 0 Å². The molecule has 4 aliphatic carbocycles. The van der Waals surface area contributed by atoms with Gasteiger partial charge in [0.05, 0.1) is 12.4 Å². The lowest BCUT2D eigenvalue weighted by Crippen LogP contribution is -2.51. The van der Waals surface area contributed by atoms with Crippen LogP contribution in [-0.2, 0) is 4.74 Å². The van der Waals surface area contributed by atoms with Crippen molar-refractivity contribution < 1.29 is 9.84 Å². The molecule has 4 rings (SSSR count). The Hall–Kier alpha value is -1.20. The van der Waals surface area contributed by atoms with Gasteiger partial charge >= 0.3 is 0 Å². The Balaban J connectivity index is 1.62. The van der Waals surface area contributed by atoms with Gasteiger partial charge < -0.3 is 9.84 Å². The number of aliphatic hydroxyl groups is 1. The van der Waals surface area contributed by atoms with Crippen LogP contribution in [0, 0.1) is 41.4 Å². The number of fused-ring (bicyclic) bond motifs is 5. The fourth-order valence-corrected chi connectivity index (χ4v) is 6.48. The van der Waals surface area contributed by atoms with Crippen LogP contribution in [0.1, 0.15) is 58.8 Å². The van der Waals surface area contributed by atoms with Crippen molar-refractivity contribution in [3.05, 3.63) is 23.5 Å². The number of hydrogen-bond donors (Lipinski definition) is 1. The van der Waals surface area contributed by atoms with E-state index in [-0.39, 0.29) is 5.41 Å². The molecule has 0 aliphatic heterocycles. The van der Waals surface area contributed by atoms with E-state index in [2.05, 4.69) is 31.9 Å². The van der Waals surface area contributed by atoms with Crippen LogP contribution in [0.25, 0.3) is 0 Å². The molecule has 2 fully saturated rings. The lowest BCUT2D eigenvalue weighted by molar-refractivity contribution is -0.0804. The lowest BCUT2D eigenvalue weighted by Gasteiger charge is -2.53. The zero-order valence-electron chi connectivity index (χ0n) is 15.1. The Morgan fingerprint density at radius 3 is 2.88 bits per heavy atom. The van der Waals surface area contributed by atoms with E-state index in [1.807, 2.05) is 0 Å². The van der Waals surface area contributed by atoms with Gasteiger partial charge in [0, 0.05) is 11.8 Å². The van der Waals surface area contributed by atoms with Gasteiger partial charge in [-0.1, -0.05) is 18.9 Å². The molecule has 0 amide bonds. The molecule has 130 valence electrons. The van der Waals surface area contributed by atoms with Crippen molar-refractivity contribution in [2.75, 3.05) is 6.61 Å². The van der Waals surface area contributed by atoms with E-state index < -0.39 is 5.60 Å². The second-order valence-corrected chi connectivity index (χ2v) is 8.56. The quantitative estimate of drug-likeness (QED) is 0.760. The summed E-state index contributed by atoms with van der Waals surface area (Å²) in [7, 11) is 0.